The fourth-order valence-corrected chi connectivity index (χ4v) is 3.95. The molecule has 0 atom stereocenters. The minimum absolute atomic E-state index is 0.0696. The monoisotopic (exact) mass is 582 g/mol. The average Bonchev–Trinajstić information content (AvgIpc) is 2.71. The number of anilines is 1. The number of rotatable bonds is 4. The Balaban J connectivity index is 1.81. The minimum atomic E-state index is -1.30. The highest BCUT2D eigenvalue weighted by atomic mass is 79.9. The smallest absolute Gasteiger partial charge is 0.326 e. The van der Waals surface area contributed by atoms with E-state index < -0.39 is 29.1 Å². The van der Waals surface area contributed by atoms with Gasteiger partial charge in [0.1, 0.15) is 33.7 Å². The molecule has 0 bridgehead atoms. The first-order chi connectivity index (χ1) is 15.1. The van der Waals surface area contributed by atoms with Crippen molar-refractivity contribution in [2.24, 2.45) is 0 Å². The minimum Gasteiger partial charge on any atom is -0.454 e. The SMILES string of the molecule is O=C(NC(=O)c1c(F)cccc1F)Nc1c(Cl)cc(Oc2ccc(Cl)cc2Br)c(Cl)c1Cl. The number of nitrogens with one attached hydrogen (secondary N) is 2. The molecule has 3 aromatic carbocycles. The van der Waals surface area contributed by atoms with Crippen molar-refractivity contribution in [3.63, 3.8) is 0 Å². The number of hydrogen-bond acceptors (Lipinski definition) is 3. The maximum absolute atomic E-state index is 13.7. The number of hydrogen-bond donors (Lipinski definition) is 2. The molecule has 0 fully saturated rings. The zero-order valence-corrected chi connectivity index (χ0v) is 20.0. The topological polar surface area (TPSA) is 67.4 Å². The summed E-state index contributed by atoms with van der Waals surface area (Å²) in [7, 11) is 0. The molecular weight excluding hydrogens is 576 g/mol. The number of urea groups is 1. The van der Waals surface area contributed by atoms with Gasteiger partial charge in [0.05, 0.1) is 20.2 Å². The Bertz CT molecular complexity index is 1220. The molecule has 0 saturated heterocycles. The van der Waals surface area contributed by atoms with Crippen LogP contribution in [0.2, 0.25) is 20.1 Å². The van der Waals surface area contributed by atoms with Gasteiger partial charge in [0.2, 0.25) is 0 Å². The standard InChI is InChI=1S/C20H9BrCl4F2N2O3/c21-9-6-8(22)4-5-13(9)32-14-7-10(23)18(17(25)16(14)24)28-20(31)29-19(30)15-11(26)2-1-3-12(15)27/h1-7H,(H2,28,29,30,31). The van der Waals surface area contributed by atoms with E-state index >= 15 is 0 Å². The van der Waals surface area contributed by atoms with Crippen molar-refractivity contribution in [3.8, 4) is 11.5 Å². The summed E-state index contributed by atoms with van der Waals surface area (Å²) < 4.78 is 33.7. The first kappa shape index (κ1) is 24.5. The van der Waals surface area contributed by atoms with Crippen molar-refractivity contribution in [3.05, 3.63) is 84.2 Å². The summed E-state index contributed by atoms with van der Waals surface area (Å²) in [5.41, 5.74) is -1.07. The Morgan fingerprint density at radius 2 is 1.56 bits per heavy atom. The van der Waals surface area contributed by atoms with Crippen LogP contribution in [0.1, 0.15) is 10.4 Å². The van der Waals surface area contributed by atoms with Gasteiger partial charge in [-0.05, 0) is 46.3 Å². The predicted octanol–water partition coefficient (Wildman–Crippen LogP) is 8.10. The number of benzene rings is 3. The van der Waals surface area contributed by atoms with E-state index in [0.717, 1.165) is 18.2 Å². The number of amides is 3. The van der Waals surface area contributed by atoms with Gasteiger partial charge < -0.3 is 10.1 Å². The van der Waals surface area contributed by atoms with Crippen LogP contribution in [0.4, 0.5) is 19.3 Å². The Labute approximate surface area is 208 Å². The number of halogens is 7. The Kier molecular flexibility index (Phi) is 7.84. The van der Waals surface area contributed by atoms with Crippen LogP contribution in [-0.4, -0.2) is 11.9 Å². The van der Waals surface area contributed by atoms with Gasteiger partial charge in [0, 0.05) is 11.1 Å². The molecular formula is C20H9BrCl4F2N2O3. The van der Waals surface area contributed by atoms with E-state index in [1.54, 1.807) is 23.5 Å². The second-order valence-electron chi connectivity index (χ2n) is 6.04. The highest BCUT2D eigenvalue weighted by Crippen LogP contribution is 2.45. The van der Waals surface area contributed by atoms with Crippen molar-refractivity contribution >= 4 is 80.0 Å². The lowest BCUT2D eigenvalue weighted by atomic mass is 10.2. The molecule has 0 saturated carbocycles. The second-order valence-corrected chi connectivity index (χ2v) is 8.50. The molecule has 0 heterocycles. The molecule has 3 amide bonds. The fraction of sp³-hybridized carbons (Fsp3) is 0. The summed E-state index contributed by atoms with van der Waals surface area (Å²) >= 11 is 27.8. The molecule has 166 valence electrons. The lowest BCUT2D eigenvalue weighted by molar-refractivity contribution is 0.0959. The van der Waals surface area contributed by atoms with Crippen LogP contribution in [-0.2, 0) is 0 Å². The summed E-state index contributed by atoms with van der Waals surface area (Å²) in [5, 5.41) is 4.11. The summed E-state index contributed by atoms with van der Waals surface area (Å²) in [6.07, 6.45) is 0. The maximum atomic E-state index is 13.7. The lowest BCUT2D eigenvalue weighted by Crippen LogP contribution is -2.35. The van der Waals surface area contributed by atoms with Crippen molar-refractivity contribution in [2.45, 2.75) is 0 Å². The van der Waals surface area contributed by atoms with E-state index in [1.165, 1.54) is 6.07 Å². The predicted molar refractivity (Wildman–Crippen MR) is 124 cm³/mol. The lowest BCUT2D eigenvalue weighted by Gasteiger charge is -2.15. The number of ether oxygens (including phenoxy) is 1. The van der Waals surface area contributed by atoms with E-state index in [2.05, 4.69) is 21.2 Å². The normalized spacial score (nSPS) is 10.6. The molecule has 0 unspecified atom stereocenters. The molecule has 0 aliphatic heterocycles. The van der Waals surface area contributed by atoms with Gasteiger partial charge in [0.15, 0.2) is 0 Å². The molecule has 0 aliphatic carbocycles. The number of carbonyl (C=O) groups is 2. The Morgan fingerprint density at radius 1 is 0.906 bits per heavy atom. The zero-order valence-electron chi connectivity index (χ0n) is 15.4. The highest BCUT2D eigenvalue weighted by Gasteiger charge is 2.22. The van der Waals surface area contributed by atoms with Crippen LogP contribution < -0.4 is 15.4 Å². The summed E-state index contributed by atoms with van der Waals surface area (Å²) in [4.78, 5) is 24.2. The van der Waals surface area contributed by atoms with E-state index in [4.69, 9.17) is 51.1 Å². The van der Waals surface area contributed by atoms with Crippen molar-refractivity contribution in [2.75, 3.05) is 5.32 Å². The van der Waals surface area contributed by atoms with Gasteiger partial charge in [-0.1, -0.05) is 52.5 Å². The molecule has 32 heavy (non-hydrogen) atoms. The molecule has 3 aromatic rings. The largest absolute Gasteiger partial charge is 0.454 e. The Hall–Kier alpha value is -2.10. The molecule has 12 heteroatoms. The third-order valence-electron chi connectivity index (χ3n) is 3.89. The number of carbonyl (C=O) groups excluding carboxylic acids is 2. The quantitative estimate of drug-likeness (QED) is 0.305. The van der Waals surface area contributed by atoms with Crippen LogP contribution in [0.15, 0.2) is 46.9 Å². The first-order valence-electron chi connectivity index (χ1n) is 8.45. The van der Waals surface area contributed by atoms with Crippen LogP contribution >= 0.6 is 62.3 Å². The highest BCUT2D eigenvalue weighted by molar-refractivity contribution is 9.10. The van der Waals surface area contributed by atoms with E-state index in [0.29, 0.717) is 15.2 Å². The average molecular weight is 585 g/mol. The van der Waals surface area contributed by atoms with Crippen LogP contribution in [0.25, 0.3) is 0 Å². The van der Waals surface area contributed by atoms with E-state index in [1.807, 2.05) is 0 Å². The zero-order chi connectivity index (χ0) is 23.6. The second kappa shape index (κ2) is 10.2. The van der Waals surface area contributed by atoms with Gasteiger partial charge in [0.25, 0.3) is 5.91 Å². The Morgan fingerprint density at radius 3 is 2.19 bits per heavy atom. The van der Waals surface area contributed by atoms with Gasteiger partial charge in [-0.15, -0.1) is 0 Å². The van der Waals surface area contributed by atoms with Gasteiger partial charge in [-0.2, -0.15) is 0 Å². The summed E-state index contributed by atoms with van der Waals surface area (Å²) in [6.45, 7) is 0. The summed E-state index contributed by atoms with van der Waals surface area (Å²) in [6, 6.07) is 7.74. The number of imide groups is 1. The molecule has 2 N–H and O–H groups in total. The van der Waals surface area contributed by atoms with Gasteiger partial charge in [-0.3, -0.25) is 10.1 Å². The van der Waals surface area contributed by atoms with Gasteiger partial charge in [-0.25, -0.2) is 13.6 Å². The van der Waals surface area contributed by atoms with E-state index in [9.17, 15) is 18.4 Å². The van der Waals surface area contributed by atoms with Crippen molar-refractivity contribution < 1.29 is 23.1 Å². The molecule has 0 spiro atoms. The third-order valence-corrected chi connectivity index (χ3v) is 5.90. The molecule has 0 radical (unpaired) electrons. The molecule has 5 nitrogen and oxygen atoms in total. The fourth-order valence-electron chi connectivity index (χ4n) is 2.46. The maximum Gasteiger partial charge on any atom is 0.326 e. The third kappa shape index (κ3) is 5.44. The summed E-state index contributed by atoms with van der Waals surface area (Å²) in [5.74, 6) is -3.14. The van der Waals surface area contributed by atoms with Gasteiger partial charge >= 0.3 is 6.03 Å². The van der Waals surface area contributed by atoms with Crippen LogP contribution in [0.5, 0.6) is 11.5 Å². The van der Waals surface area contributed by atoms with E-state index in [-0.39, 0.29) is 26.5 Å². The first-order valence-corrected chi connectivity index (χ1v) is 10.8. The molecule has 0 aromatic heterocycles. The van der Waals surface area contributed by atoms with Crippen LogP contribution in [0.3, 0.4) is 0 Å². The molecule has 3 rings (SSSR count). The molecule has 0 aliphatic rings. The van der Waals surface area contributed by atoms with Crippen molar-refractivity contribution in [1.29, 1.82) is 0 Å². The van der Waals surface area contributed by atoms with Crippen LogP contribution in [0, 0.1) is 11.6 Å². The van der Waals surface area contributed by atoms with Crippen molar-refractivity contribution in [1.82, 2.24) is 5.32 Å².